The van der Waals surface area contributed by atoms with Crippen LogP contribution in [-0.4, -0.2) is 39.9 Å². The monoisotopic (exact) mass is 384 g/mol. The molecule has 26 heavy (non-hydrogen) atoms. The molecule has 0 aliphatic carbocycles. The van der Waals surface area contributed by atoms with Crippen LogP contribution in [0, 0.1) is 5.41 Å². The zero-order valence-corrected chi connectivity index (χ0v) is 16.3. The van der Waals surface area contributed by atoms with Gasteiger partial charge in [0.15, 0.2) is 0 Å². The van der Waals surface area contributed by atoms with Gasteiger partial charge in [-0.05, 0) is 24.6 Å². The number of carbonyl (C=O) groups excluding carboxylic acids is 2. The molecule has 0 bridgehead atoms. The molecule has 0 unspecified atom stereocenters. The maximum atomic E-state index is 12.1. The van der Waals surface area contributed by atoms with E-state index >= 15 is 0 Å². The molecule has 1 aromatic rings. The highest BCUT2D eigenvalue weighted by atomic mass is 32.2. The molecule has 0 radical (unpaired) electrons. The normalized spacial score (nSPS) is 11.8. The molecule has 0 atom stereocenters. The second-order valence-electron chi connectivity index (χ2n) is 6.87. The van der Waals surface area contributed by atoms with Gasteiger partial charge < -0.3 is 16.4 Å². The van der Waals surface area contributed by atoms with Crippen molar-refractivity contribution in [3.63, 3.8) is 0 Å². The molecule has 0 aromatic heterocycles. The van der Waals surface area contributed by atoms with E-state index in [0.29, 0.717) is 18.7 Å². The van der Waals surface area contributed by atoms with E-state index in [4.69, 9.17) is 5.73 Å². The Balaban J connectivity index is 2.53. The Morgan fingerprint density at radius 1 is 1.15 bits per heavy atom. The molecule has 0 aliphatic heterocycles. The molecule has 0 fully saturated rings. The summed E-state index contributed by atoms with van der Waals surface area (Å²) >= 11 is 0. The third kappa shape index (κ3) is 7.51. The first-order valence-corrected chi connectivity index (χ1v) is 9.92. The Morgan fingerprint density at radius 2 is 1.85 bits per heavy atom. The maximum Gasteiger partial charge on any atom is 0.240 e. The highest BCUT2D eigenvalue weighted by Gasteiger charge is 2.20. The summed E-state index contributed by atoms with van der Waals surface area (Å²) in [7, 11) is -3.65. The number of benzene rings is 1. The Hall–Kier alpha value is -1.97. The third-order valence-electron chi connectivity index (χ3n) is 3.41. The zero-order valence-electron chi connectivity index (χ0n) is 15.5. The van der Waals surface area contributed by atoms with Gasteiger partial charge in [0.2, 0.25) is 21.8 Å². The zero-order chi connectivity index (χ0) is 19.8. The van der Waals surface area contributed by atoms with Gasteiger partial charge in [-0.2, -0.15) is 0 Å². The summed E-state index contributed by atoms with van der Waals surface area (Å²) in [6.07, 6.45) is 0.705. The molecule has 8 nitrogen and oxygen atoms in total. The quantitative estimate of drug-likeness (QED) is 0.468. The molecule has 0 aliphatic rings. The van der Waals surface area contributed by atoms with Gasteiger partial charge in [0.05, 0.1) is 4.90 Å². The summed E-state index contributed by atoms with van der Waals surface area (Å²) in [5.74, 6) is -0.319. The first-order valence-electron chi connectivity index (χ1n) is 8.44. The number of anilines is 1. The Morgan fingerprint density at radius 3 is 2.46 bits per heavy atom. The fourth-order valence-electron chi connectivity index (χ4n) is 1.96. The molecule has 1 rings (SSSR count). The van der Waals surface area contributed by atoms with Crippen LogP contribution in [0.1, 0.15) is 33.6 Å². The summed E-state index contributed by atoms with van der Waals surface area (Å²) in [6, 6.07) is 5.99. The van der Waals surface area contributed by atoms with Crippen molar-refractivity contribution in [3.05, 3.63) is 24.3 Å². The molecule has 0 saturated heterocycles. The van der Waals surface area contributed by atoms with Gasteiger partial charge in [-0.1, -0.05) is 26.8 Å². The molecule has 1 aromatic carbocycles. The van der Waals surface area contributed by atoms with Gasteiger partial charge in [-0.3, -0.25) is 9.59 Å². The van der Waals surface area contributed by atoms with Crippen molar-refractivity contribution in [3.8, 4) is 0 Å². The van der Waals surface area contributed by atoms with Gasteiger partial charge in [0, 0.05) is 37.2 Å². The molecule has 2 amide bonds. The second kappa shape index (κ2) is 9.65. The van der Waals surface area contributed by atoms with Crippen LogP contribution in [0.4, 0.5) is 5.69 Å². The first-order chi connectivity index (χ1) is 12.1. The summed E-state index contributed by atoms with van der Waals surface area (Å²) in [6.45, 7) is 6.19. The topological polar surface area (TPSA) is 130 Å². The Bertz CT molecular complexity index is 727. The molecule has 0 spiro atoms. The SMILES string of the molecule is CC(C)(C)C(=O)NCCCC(=O)Nc1cccc(S(=O)(=O)NCCN)c1. The predicted octanol–water partition coefficient (Wildman–Crippen LogP) is 0.805. The molecular weight excluding hydrogens is 356 g/mol. The van der Waals surface area contributed by atoms with Crippen LogP contribution in [0.2, 0.25) is 0 Å². The number of hydrogen-bond acceptors (Lipinski definition) is 5. The molecule has 9 heteroatoms. The van der Waals surface area contributed by atoms with Crippen LogP contribution in [0.5, 0.6) is 0 Å². The summed E-state index contributed by atoms with van der Waals surface area (Å²) in [5, 5.41) is 5.43. The van der Waals surface area contributed by atoms with Crippen molar-refractivity contribution in [2.45, 2.75) is 38.5 Å². The minimum Gasteiger partial charge on any atom is -0.356 e. The second-order valence-corrected chi connectivity index (χ2v) is 8.64. The minimum atomic E-state index is -3.65. The average molecular weight is 385 g/mol. The largest absolute Gasteiger partial charge is 0.356 e. The highest BCUT2D eigenvalue weighted by Crippen LogP contribution is 2.16. The predicted molar refractivity (Wildman–Crippen MR) is 101 cm³/mol. The van der Waals surface area contributed by atoms with Crippen molar-refractivity contribution in [2.24, 2.45) is 11.1 Å². The lowest BCUT2D eigenvalue weighted by Gasteiger charge is -2.17. The number of sulfonamides is 1. The van der Waals surface area contributed by atoms with Crippen molar-refractivity contribution >= 4 is 27.5 Å². The van der Waals surface area contributed by atoms with Crippen molar-refractivity contribution in [2.75, 3.05) is 25.0 Å². The van der Waals surface area contributed by atoms with E-state index in [1.165, 1.54) is 12.1 Å². The van der Waals surface area contributed by atoms with Crippen LogP contribution < -0.4 is 21.1 Å². The van der Waals surface area contributed by atoms with Crippen molar-refractivity contribution in [1.82, 2.24) is 10.0 Å². The Kier molecular flexibility index (Phi) is 8.19. The lowest BCUT2D eigenvalue weighted by atomic mass is 9.96. The number of nitrogens with two attached hydrogens (primary N) is 1. The van der Waals surface area contributed by atoms with E-state index in [1.54, 1.807) is 12.1 Å². The maximum absolute atomic E-state index is 12.1. The highest BCUT2D eigenvalue weighted by molar-refractivity contribution is 7.89. The van der Waals surface area contributed by atoms with Gasteiger partial charge >= 0.3 is 0 Å². The number of nitrogens with one attached hydrogen (secondary N) is 3. The first kappa shape index (κ1) is 22.1. The van der Waals surface area contributed by atoms with Crippen LogP contribution in [0.3, 0.4) is 0 Å². The standard InChI is InChI=1S/C17H28N4O4S/c1-17(2,3)16(23)19-10-5-8-15(22)21-13-6-4-7-14(12-13)26(24,25)20-11-9-18/h4,6-7,12,20H,5,8-11,18H2,1-3H3,(H,19,23)(H,21,22). The van der Waals surface area contributed by atoms with E-state index in [9.17, 15) is 18.0 Å². The van der Waals surface area contributed by atoms with Crippen LogP contribution in [-0.2, 0) is 19.6 Å². The molecule has 0 saturated carbocycles. The van der Waals surface area contributed by atoms with Gasteiger partial charge in [-0.15, -0.1) is 0 Å². The smallest absolute Gasteiger partial charge is 0.240 e. The number of carbonyl (C=O) groups is 2. The molecule has 5 N–H and O–H groups in total. The lowest BCUT2D eigenvalue weighted by Crippen LogP contribution is -2.35. The van der Waals surface area contributed by atoms with Gasteiger partial charge in [0.1, 0.15) is 0 Å². The summed E-state index contributed by atoms with van der Waals surface area (Å²) in [4.78, 5) is 23.8. The van der Waals surface area contributed by atoms with Crippen molar-refractivity contribution < 1.29 is 18.0 Å². The van der Waals surface area contributed by atoms with Gasteiger partial charge in [-0.25, -0.2) is 13.1 Å². The lowest BCUT2D eigenvalue weighted by molar-refractivity contribution is -0.128. The minimum absolute atomic E-state index is 0.0567. The van der Waals surface area contributed by atoms with Crippen molar-refractivity contribution in [1.29, 1.82) is 0 Å². The number of amides is 2. The average Bonchev–Trinajstić information content (AvgIpc) is 2.56. The van der Waals surface area contributed by atoms with E-state index < -0.39 is 15.4 Å². The fraction of sp³-hybridized carbons (Fsp3) is 0.529. The van der Waals surface area contributed by atoms with Crippen LogP contribution in [0.15, 0.2) is 29.2 Å². The number of rotatable bonds is 9. The molecular formula is C17H28N4O4S. The van der Waals surface area contributed by atoms with Crippen LogP contribution in [0.25, 0.3) is 0 Å². The third-order valence-corrected chi connectivity index (χ3v) is 4.87. The van der Waals surface area contributed by atoms with Gasteiger partial charge in [0.25, 0.3) is 0 Å². The van der Waals surface area contributed by atoms with E-state index in [-0.39, 0.29) is 36.2 Å². The Labute approximate surface area is 155 Å². The van der Waals surface area contributed by atoms with E-state index in [0.717, 1.165) is 0 Å². The fourth-order valence-corrected chi connectivity index (χ4v) is 3.05. The summed E-state index contributed by atoms with van der Waals surface area (Å²) in [5.41, 5.74) is 5.23. The summed E-state index contributed by atoms with van der Waals surface area (Å²) < 4.78 is 26.5. The van der Waals surface area contributed by atoms with Crippen LogP contribution >= 0.6 is 0 Å². The molecule has 146 valence electrons. The number of hydrogen-bond donors (Lipinski definition) is 4. The van der Waals surface area contributed by atoms with E-state index in [1.807, 2.05) is 20.8 Å². The van der Waals surface area contributed by atoms with E-state index in [2.05, 4.69) is 15.4 Å². The molecule has 0 heterocycles.